The molecule has 15 rings (SSSR count). The Hall–Kier alpha value is -9.12. The maximum atomic E-state index is 11.4. The number of carbonyl (C=O) groups is 1. The predicted octanol–water partition coefficient (Wildman–Crippen LogP) is 10.8. The molecule has 9 aromatic heterocycles. The van der Waals surface area contributed by atoms with E-state index in [9.17, 15) is 13.2 Å². The van der Waals surface area contributed by atoms with Crippen molar-refractivity contribution in [2.24, 2.45) is 23.5 Å². The van der Waals surface area contributed by atoms with Crippen LogP contribution < -0.4 is 33.0 Å². The minimum atomic E-state index is -3.15. The van der Waals surface area contributed by atoms with Gasteiger partial charge in [-0.25, -0.2) is 43.0 Å². The molecule has 9 heterocycles. The molecular weight excluding hydrogens is 1120 g/mol. The summed E-state index contributed by atoms with van der Waals surface area (Å²) in [5.74, 6) is 7.27. The van der Waals surface area contributed by atoms with Crippen molar-refractivity contribution in [2.75, 3.05) is 43.1 Å². The summed E-state index contributed by atoms with van der Waals surface area (Å²) in [6.45, 7) is 3.63. The first-order chi connectivity index (χ1) is 42.7. The number of nitrogens with one attached hydrogen (secondary N) is 5. The molecule has 0 saturated heterocycles. The Bertz CT molecular complexity index is 4490. The maximum Gasteiger partial charge on any atom is 0.216 e. The normalized spacial score (nSPS) is 19.9. The Labute approximate surface area is 509 Å². The maximum absolute atomic E-state index is 11.4. The summed E-state index contributed by atoms with van der Waals surface area (Å²) in [4.78, 5) is 49.8. The SMILES string of the molecule is CC(=O)NCC1CCC(c2nc(-c3cc4ccccc4[nH]3)c3c(N)nccn23)CC1.CS(=O)(=O)NCC1CCC(c2nc(-c3cc4ccccc4[nH]3)c3c(N)nccn23)CC1.NCC1CCC(c2nc(-c3cc4ccccc4[nH]3)c3c(N)nccn23)CC1. The molecule has 21 nitrogen and oxygen atoms in total. The van der Waals surface area contributed by atoms with E-state index in [-0.39, 0.29) is 5.91 Å². The third-order valence-electron chi connectivity index (χ3n) is 18.4. The van der Waals surface area contributed by atoms with Crippen LogP contribution in [0.15, 0.2) is 128 Å². The van der Waals surface area contributed by atoms with E-state index in [0.717, 1.165) is 173 Å². The molecule has 12 aromatic rings. The van der Waals surface area contributed by atoms with Gasteiger partial charge in [-0.1, -0.05) is 54.6 Å². The average molecular weight is 1200 g/mol. The molecule has 0 unspecified atom stereocenters. The summed E-state index contributed by atoms with van der Waals surface area (Å²) < 4.78 is 31.8. The van der Waals surface area contributed by atoms with Gasteiger partial charge in [0.15, 0.2) is 0 Å². The Morgan fingerprint density at radius 1 is 0.511 bits per heavy atom. The van der Waals surface area contributed by atoms with Gasteiger partial charge in [0.1, 0.15) is 68.6 Å². The van der Waals surface area contributed by atoms with Crippen LogP contribution in [0.5, 0.6) is 0 Å². The molecule has 0 spiro atoms. The molecule has 3 aliphatic rings. The van der Waals surface area contributed by atoms with Gasteiger partial charge in [-0.15, -0.1) is 0 Å². The number of hydrogen-bond donors (Lipinski definition) is 9. The molecule has 3 aromatic carbocycles. The van der Waals surface area contributed by atoms with E-state index in [1.165, 1.54) is 24.5 Å². The van der Waals surface area contributed by atoms with Crippen molar-refractivity contribution in [3.05, 3.63) is 146 Å². The number of H-pyrrole nitrogens is 3. The number of nitrogens with zero attached hydrogens (tertiary/aromatic N) is 9. The van der Waals surface area contributed by atoms with E-state index in [0.29, 0.717) is 59.5 Å². The third kappa shape index (κ3) is 11.9. The fourth-order valence-corrected chi connectivity index (χ4v) is 14.3. The highest BCUT2D eigenvalue weighted by Gasteiger charge is 2.31. The number of carbonyl (C=O) groups excluding carboxylic acids is 1. The number of imidazole rings is 3. The Morgan fingerprint density at radius 2 is 0.841 bits per heavy atom. The van der Waals surface area contributed by atoms with Crippen molar-refractivity contribution < 1.29 is 13.2 Å². The molecule has 0 atom stereocenters. The average Bonchev–Trinajstić information content (AvgIpc) is 1.80. The van der Waals surface area contributed by atoms with Crippen molar-refractivity contribution in [1.29, 1.82) is 0 Å². The standard InChI is InChI=1S/C23H26N6O.C22H26N6O2S.C21H24N6/c1-14(30)26-13-15-6-8-16(9-7-15)23-28-20(21-22(24)25-10-11-29(21)23)19-12-17-4-2-3-5-18(17)27-19;1-31(29,30)25-13-14-6-8-15(9-7-14)22-27-19(20-21(23)24-10-11-28(20)22)18-12-16-4-2-3-5-17(16)26-18;22-12-13-5-7-14(8-6-13)21-26-18(19-20(23)24-9-10-27(19)21)17-11-15-3-1-2-4-16(15)25-17/h2-5,10-12,15-16,27H,6-9,13H2,1H3,(H2,24,25)(H,26,30);2-5,10-12,14-15,25-26H,6-9,13H2,1H3,(H2,23,24);1-4,9-11,13-14,25H,5-8,12,22H2,(H2,23,24). The lowest BCUT2D eigenvalue weighted by atomic mass is 9.81. The highest BCUT2D eigenvalue weighted by atomic mass is 32.2. The molecule has 88 heavy (non-hydrogen) atoms. The van der Waals surface area contributed by atoms with Crippen LogP contribution >= 0.6 is 0 Å². The lowest BCUT2D eigenvalue weighted by molar-refractivity contribution is -0.119. The van der Waals surface area contributed by atoms with Crippen LogP contribution in [-0.4, -0.2) is 98.3 Å². The number of nitrogens with two attached hydrogens (primary N) is 4. The van der Waals surface area contributed by atoms with Crippen molar-refractivity contribution in [3.8, 4) is 34.2 Å². The zero-order valence-corrected chi connectivity index (χ0v) is 50.5. The van der Waals surface area contributed by atoms with Crippen LogP contribution in [0.2, 0.25) is 0 Å². The zero-order valence-electron chi connectivity index (χ0n) is 49.7. The summed E-state index contributed by atoms with van der Waals surface area (Å²) in [7, 11) is -3.15. The fraction of sp³-hybridized carbons (Fsp3) is 0.348. The van der Waals surface area contributed by atoms with Crippen molar-refractivity contribution in [1.82, 2.24) is 68.1 Å². The van der Waals surface area contributed by atoms with Gasteiger partial charge < -0.3 is 43.2 Å². The molecule has 0 radical (unpaired) electrons. The van der Waals surface area contributed by atoms with Crippen LogP contribution in [-0.2, 0) is 14.8 Å². The number of benzene rings is 3. The minimum absolute atomic E-state index is 0.0438. The van der Waals surface area contributed by atoms with E-state index in [2.05, 4.69) is 102 Å². The molecule has 1 amide bonds. The number of anilines is 3. The number of sulfonamides is 1. The number of rotatable bonds is 12. The number of para-hydroxylation sites is 3. The summed E-state index contributed by atoms with van der Waals surface area (Å²) in [5, 5.41) is 6.40. The van der Waals surface area contributed by atoms with Gasteiger partial charge in [0, 0.05) is 108 Å². The smallest absolute Gasteiger partial charge is 0.216 e. The van der Waals surface area contributed by atoms with Crippen molar-refractivity contribution >= 4 is 82.6 Å². The van der Waals surface area contributed by atoms with Crippen LogP contribution in [0, 0.1) is 17.8 Å². The molecule has 3 aliphatic carbocycles. The summed E-state index contributed by atoms with van der Waals surface area (Å²) in [6, 6.07) is 31.0. The van der Waals surface area contributed by atoms with E-state index < -0.39 is 10.0 Å². The summed E-state index contributed by atoms with van der Waals surface area (Å²) >= 11 is 0. The lowest BCUT2D eigenvalue weighted by Gasteiger charge is -2.27. The highest BCUT2D eigenvalue weighted by Crippen LogP contribution is 2.42. The molecule has 0 bridgehead atoms. The first-order valence-electron chi connectivity index (χ1n) is 30.7. The molecule has 22 heteroatoms. The van der Waals surface area contributed by atoms with E-state index in [4.69, 9.17) is 37.9 Å². The summed E-state index contributed by atoms with van der Waals surface area (Å²) in [6.07, 6.45) is 25.0. The molecule has 454 valence electrons. The highest BCUT2D eigenvalue weighted by molar-refractivity contribution is 7.88. The van der Waals surface area contributed by atoms with Gasteiger partial charge in [-0.05, 0) is 138 Å². The van der Waals surface area contributed by atoms with Crippen LogP contribution in [0.3, 0.4) is 0 Å². The van der Waals surface area contributed by atoms with Crippen LogP contribution in [0.25, 0.3) is 83.4 Å². The number of hydrogen-bond acceptors (Lipinski definition) is 13. The minimum Gasteiger partial charge on any atom is -0.382 e. The van der Waals surface area contributed by atoms with E-state index >= 15 is 0 Å². The Morgan fingerprint density at radius 3 is 1.16 bits per heavy atom. The number of aromatic amines is 3. The van der Waals surface area contributed by atoms with E-state index in [1.807, 2.05) is 61.1 Å². The third-order valence-corrected chi connectivity index (χ3v) is 19.1. The van der Waals surface area contributed by atoms with Gasteiger partial charge in [-0.3, -0.25) is 18.0 Å². The second-order valence-electron chi connectivity index (χ2n) is 24.3. The number of nitrogen functional groups attached to an aromatic ring is 3. The number of fused-ring (bicyclic) bond motifs is 6. The van der Waals surface area contributed by atoms with Crippen molar-refractivity contribution in [3.63, 3.8) is 0 Å². The quantitative estimate of drug-likeness (QED) is 0.0550. The van der Waals surface area contributed by atoms with Crippen LogP contribution in [0.4, 0.5) is 17.5 Å². The molecule has 13 N–H and O–H groups in total. The van der Waals surface area contributed by atoms with E-state index in [1.54, 1.807) is 25.5 Å². The van der Waals surface area contributed by atoms with Gasteiger partial charge in [-0.2, -0.15) is 0 Å². The van der Waals surface area contributed by atoms with Crippen molar-refractivity contribution in [2.45, 2.75) is 102 Å². The largest absolute Gasteiger partial charge is 0.382 e. The van der Waals surface area contributed by atoms with Gasteiger partial charge in [0.05, 0.1) is 23.3 Å². The monoisotopic (exact) mass is 1200 g/mol. The van der Waals surface area contributed by atoms with Gasteiger partial charge in [0.2, 0.25) is 15.9 Å². The summed E-state index contributed by atoms with van der Waals surface area (Å²) in [5.41, 5.74) is 35.9. The molecule has 0 aliphatic heterocycles. The first-order valence-corrected chi connectivity index (χ1v) is 32.6. The molecule has 3 fully saturated rings. The predicted molar refractivity (Wildman–Crippen MR) is 349 cm³/mol. The second-order valence-corrected chi connectivity index (χ2v) is 26.1. The Balaban J connectivity index is 0.000000122. The lowest BCUT2D eigenvalue weighted by Crippen LogP contribution is -2.30. The van der Waals surface area contributed by atoms with Gasteiger partial charge in [0.25, 0.3) is 0 Å². The fourth-order valence-electron chi connectivity index (χ4n) is 13.8. The Kier molecular flexibility index (Phi) is 16.2. The zero-order chi connectivity index (χ0) is 60.6. The first kappa shape index (κ1) is 57.9. The molecular formula is C66H76N18O3S. The molecule has 3 saturated carbocycles. The number of amides is 1. The topological polar surface area (TPSA) is 317 Å². The number of aromatic nitrogens is 12. The van der Waals surface area contributed by atoms with Gasteiger partial charge >= 0.3 is 0 Å². The second kappa shape index (κ2) is 24.6. The van der Waals surface area contributed by atoms with Crippen LogP contribution in [0.1, 0.15) is 119 Å².